The van der Waals surface area contributed by atoms with Gasteiger partial charge in [-0.15, -0.1) is 0 Å². The van der Waals surface area contributed by atoms with Crippen LogP contribution in [0.5, 0.6) is 0 Å². The average molecular weight is 456 g/mol. The number of carbonyl (C=O) groups is 1. The number of aromatic nitrogens is 2. The Bertz CT molecular complexity index is 1260. The number of ether oxygens (including phenoxy) is 1. The van der Waals surface area contributed by atoms with Crippen molar-refractivity contribution in [2.45, 2.75) is 38.1 Å². The van der Waals surface area contributed by atoms with E-state index in [0.717, 1.165) is 46.4 Å². The van der Waals surface area contributed by atoms with Gasteiger partial charge in [0.2, 0.25) is 5.91 Å². The lowest BCUT2D eigenvalue weighted by molar-refractivity contribution is -0.134. The van der Waals surface area contributed by atoms with Crippen molar-refractivity contribution >= 4 is 22.6 Å². The lowest BCUT2D eigenvalue weighted by Crippen LogP contribution is -2.54. The highest BCUT2D eigenvalue weighted by atomic mass is 16.5. The van der Waals surface area contributed by atoms with Crippen LogP contribution in [0.4, 0.5) is 5.82 Å². The van der Waals surface area contributed by atoms with E-state index in [1.165, 1.54) is 0 Å². The van der Waals surface area contributed by atoms with Crippen molar-refractivity contribution in [2.75, 3.05) is 38.3 Å². The molecule has 0 N–H and O–H groups in total. The monoisotopic (exact) mass is 455 g/mol. The number of hydrogen-bond acceptors (Lipinski definition) is 6. The van der Waals surface area contributed by atoms with Crippen LogP contribution >= 0.6 is 0 Å². The van der Waals surface area contributed by atoms with Gasteiger partial charge < -0.3 is 14.5 Å². The predicted molar refractivity (Wildman–Crippen MR) is 132 cm³/mol. The van der Waals surface area contributed by atoms with Gasteiger partial charge in [0.1, 0.15) is 11.9 Å². The minimum absolute atomic E-state index is 0.0413. The molecule has 34 heavy (non-hydrogen) atoms. The predicted octanol–water partition coefficient (Wildman–Crippen LogP) is 4.12. The van der Waals surface area contributed by atoms with Crippen molar-refractivity contribution in [1.82, 2.24) is 14.9 Å². The van der Waals surface area contributed by atoms with Gasteiger partial charge in [-0.3, -0.25) is 9.78 Å². The van der Waals surface area contributed by atoms with Crippen LogP contribution in [0.2, 0.25) is 0 Å². The number of piperazine rings is 1. The molecule has 7 nitrogen and oxygen atoms in total. The highest BCUT2D eigenvalue weighted by Gasteiger charge is 2.33. The molecule has 0 spiro atoms. The van der Waals surface area contributed by atoms with Crippen molar-refractivity contribution < 1.29 is 9.53 Å². The summed E-state index contributed by atoms with van der Waals surface area (Å²) in [7, 11) is 1.61. The Kier molecular flexibility index (Phi) is 6.16. The number of nitrogens with zero attached hydrogens (tertiary/aromatic N) is 5. The minimum atomic E-state index is 0.0413. The highest BCUT2D eigenvalue weighted by Crippen LogP contribution is 2.46. The van der Waals surface area contributed by atoms with E-state index in [4.69, 9.17) is 9.72 Å². The number of fused-ring (bicyclic) bond motifs is 1. The Hall–Kier alpha value is -3.50. The zero-order valence-corrected chi connectivity index (χ0v) is 19.7. The molecule has 1 unspecified atom stereocenters. The van der Waals surface area contributed by atoms with Gasteiger partial charge in [-0.1, -0.05) is 18.2 Å². The summed E-state index contributed by atoms with van der Waals surface area (Å²) in [5.41, 5.74) is 4.68. The van der Waals surface area contributed by atoms with E-state index in [2.05, 4.69) is 35.0 Å². The Morgan fingerprint density at radius 3 is 2.79 bits per heavy atom. The van der Waals surface area contributed by atoms with Crippen LogP contribution in [-0.4, -0.2) is 60.2 Å². The lowest BCUT2D eigenvalue weighted by Gasteiger charge is -2.41. The zero-order chi connectivity index (χ0) is 23.7. The third-order valence-electron chi connectivity index (χ3n) is 6.82. The summed E-state index contributed by atoms with van der Waals surface area (Å²) in [5.74, 6) is 1.27. The molecule has 7 heteroatoms. The molecule has 1 saturated heterocycles. The largest absolute Gasteiger partial charge is 0.384 e. The third kappa shape index (κ3) is 4.22. The summed E-state index contributed by atoms with van der Waals surface area (Å²) in [4.78, 5) is 26.3. The molecular weight excluding hydrogens is 426 g/mol. The molecule has 3 heterocycles. The van der Waals surface area contributed by atoms with Gasteiger partial charge in [0, 0.05) is 55.9 Å². The van der Waals surface area contributed by atoms with Crippen molar-refractivity contribution in [3.63, 3.8) is 0 Å². The van der Waals surface area contributed by atoms with Crippen LogP contribution in [0.15, 0.2) is 42.6 Å². The Balaban J connectivity index is 1.50. The fraction of sp³-hybridized carbons (Fsp3) is 0.407. The van der Waals surface area contributed by atoms with Crippen LogP contribution in [0, 0.1) is 11.3 Å². The SMILES string of the molecule is COCCC(=O)N1CCN(c2nc(C3CC3)c(-c3cccc4ncccc34)cc2C#N)CC1C. The number of carbonyl (C=O) groups excluding carboxylic acids is 1. The second-order valence-electron chi connectivity index (χ2n) is 9.18. The number of pyridine rings is 2. The molecule has 1 saturated carbocycles. The number of nitriles is 1. The van der Waals surface area contributed by atoms with E-state index in [-0.39, 0.29) is 11.9 Å². The molecule has 1 aromatic carbocycles. The van der Waals surface area contributed by atoms with Crippen LogP contribution in [0.25, 0.3) is 22.0 Å². The standard InChI is InChI=1S/C27H29N5O2/c1-18-17-31(12-13-32(18)25(33)10-14-34-2)27-20(16-28)15-23(26(30-27)19-8-9-19)21-5-3-7-24-22(21)6-4-11-29-24/h3-7,11,15,18-19H,8-10,12-14,17H2,1-2H3. The number of hydrogen-bond donors (Lipinski definition) is 0. The lowest BCUT2D eigenvalue weighted by atomic mass is 9.95. The van der Waals surface area contributed by atoms with E-state index in [1.54, 1.807) is 13.3 Å². The summed E-state index contributed by atoms with van der Waals surface area (Å²) in [6, 6.07) is 14.6. The van der Waals surface area contributed by atoms with E-state index in [1.807, 2.05) is 29.2 Å². The van der Waals surface area contributed by atoms with Crippen LogP contribution in [0.1, 0.15) is 43.4 Å². The fourth-order valence-electron chi connectivity index (χ4n) is 4.92. The van der Waals surface area contributed by atoms with Crippen LogP contribution < -0.4 is 4.90 Å². The first-order chi connectivity index (χ1) is 16.6. The fourth-order valence-corrected chi connectivity index (χ4v) is 4.92. The number of rotatable bonds is 6. The maximum Gasteiger partial charge on any atom is 0.225 e. The molecule has 2 fully saturated rings. The summed E-state index contributed by atoms with van der Waals surface area (Å²) in [5, 5.41) is 11.1. The molecule has 1 amide bonds. The molecular formula is C27H29N5O2. The maximum atomic E-state index is 12.5. The molecule has 3 aromatic rings. The number of amides is 1. The first-order valence-electron chi connectivity index (χ1n) is 11.9. The summed E-state index contributed by atoms with van der Waals surface area (Å²) >= 11 is 0. The van der Waals surface area contributed by atoms with E-state index >= 15 is 0 Å². The van der Waals surface area contributed by atoms with Crippen molar-refractivity contribution in [1.29, 1.82) is 5.26 Å². The molecule has 1 atom stereocenters. The summed E-state index contributed by atoms with van der Waals surface area (Å²) in [6.45, 7) is 4.42. The van der Waals surface area contributed by atoms with E-state index in [9.17, 15) is 10.1 Å². The second kappa shape index (κ2) is 9.40. The zero-order valence-electron chi connectivity index (χ0n) is 19.7. The van der Waals surface area contributed by atoms with Gasteiger partial charge in [0.05, 0.1) is 29.8 Å². The number of anilines is 1. The Morgan fingerprint density at radius 2 is 2.06 bits per heavy atom. The van der Waals surface area contributed by atoms with Gasteiger partial charge in [-0.2, -0.15) is 5.26 Å². The van der Waals surface area contributed by atoms with E-state index < -0.39 is 0 Å². The van der Waals surface area contributed by atoms with Gasteiger partial charge in [0.25, 0.3) is 0 Å². The molecule has 1 aliphatic heterocycles. The quantitative estimate of drug-likeness (QED) is 0.556. The first kappa shape index (κ1) is 22.3. The van der Waals surface area contributed by atoms with Gasteiger partial charge in [0.15, 0.2) is 0 Å². The van der Waals surface area contributed by atoms with E-state index in [0.29, 0.717) is 44.1 Å². The smallest absolute Gasteiger partial charge is 0.225 e. The van der Waals surface area contributed by atoms with Gasteiger partial charge in [-0.25, -0.2) is 4.98 Å². The van der Waals surface area contributed by atoms with Crippen molar-refractivity contribution in [3.8, 4) is 17.2 Å². The molecule has 0 bridgehead atoms. The first-order valence-corrected chi connectivity index (χ1v) is 11.9. The van der Waals surface area contributed by atoms with Crippen molar-refractivity contribution in [3.05, 3.63) is 53.9 Å². The average Bonchev–Trinajstić information content (AvgIpc) is 3.71. The maximum absolute atomic E-state index is 12.5. The number of benzene rings is 1. The molecule has 2 aliphatic rings. The van der Waals surface area contributed by atoms with Crippen LogP contribution in [-0.2, 0) is 9.53 Å². The van der Waals surface area contributed by atoms with Crippen LogP contribution in [0.3, 0.4) is 0 Å². The molecule has 1 aliphatic carbocycles. The minimum Gasteiger partial charge on any atom is -0.384 e. The Morgan fingerprint density at radius 1 is 1.21 bits per heavy atom. The van der Waals surface area contributed by atoms with Gasteiger partial charge >= 0.3 is 0 Å². The molecule has 5 rings (SSSR count). The summed E-state index contributed by atoms with van der Waals surface area (Å²) in [6.07, 6.45) is 4.43. The summed E-state index contributed by atoms with van der Waals surface area (Å²) < 4.78 is 5.07. The molecule has 2 aromatic heterocycles. The normalized spacial score (nSPS) is 18.2. The highest BCUT2D eigenvalue weighted by molar-refractivity contribution is 5.95. The second-order valence-corrected chi connectivity index (χ2v) is 9.18. The van der Waals surface area contributed by atoms with Gasteiger partial charge in [-0.05, 0) is 43.5 Å². The Labute approximate surface area is 200 Å². The molecule has 174 valence electrons. The number of methoxy groups -OCH3 is 1. The molecule has 0 radical (unpaired) electrons. The topological polar surface area (TPSA) is 82.3 Å². The third-order valence-corrected chi connectivity index (χ3v) is 6.82. The van der Waals surface area contributed by atoms with Crippen molar-refractivity contribution in [2.24, 2.45) is 0 Å².